The van der Waals surface area contributed by atoms with Gasteiger partial charge in [0.2, 0.25) is 12.1 Å². The summed E-state index contributed by atoms with van der Waals surface area (Å²) in [4.78, 5) is 16.5. The molecule has 104 valence electrons. The number of hydrogen-bond donors (Lipinski definition) is 0. The lowest BCUT2D eigenvalue weighted by atomic mass is 10.1. The van der Waals surface area contributed by atoms with Gasteiger partial charge in [-0.25, -0.2) is 0 Å². The van der Waals surface area contributed by atoms with Gasteiger partial charge >= 0.3 is 5.82 Å². The number of rotatable bonds is 3. The zero-order valence-corrected chi connectivity index (χ0v) is 11.5. The van der Waals surface area contributed by atoms with Crippen LogP contribution in [-0.2, 0) is 13.5 Å². The van der Waals surface area contributed by atoms with E-state index < -0.39 is 4.92 Å². The predicted octanol–water partition coefficient (Wildman–Crippen LogP) is 2.45. The first kappa shape index (κ1) is 12.7. The largest absolute Gasteiger partial charge is 0.406 e. The molecule has 0 bridgehead atoms. The normalized spacial score (nSPS) is 17.0. The van der Waals surface area contributed by atoms with E-state index >= 15 is 0 Å². The molecule has 1 aliphatic carbocycles. The minimum Gasteiger partial charge on any atom is -0.358 e. The van der Waals surface area contributed by atoms with E-state index in [-0.39, 0.29) is 11.9 Å². The topological polar surface area (TPSA) is 64.2 Å². The number of nitro groups is 1. The molecule has 1 aromatic carbocycles. The van der Waals surface area contributed by atoms with Crippen LogP contribution in [0.1, 0.15) is 23.6 Å². The number of imidazole rings is 1. The lowest BCUT2D eigenvalue weighted by Gasteiger charge is -2.26. The van der Waals surface area contributed by atoms with Crippen LogP contribution in [0.25, 0.3) is 0 Å². The number of nitrogens with zero attached hydrogens (tertiary/aromatic N) is 4. The highest BCUT2D eigenvalue weighted by atomic mass is 16.6. The number of hydrogen-bond acceptors (Lipinski definition) is 4. The Morgan fingerprint density at radius 3 is 2.95 bits per heavy atom. The zero-order valence-electron chi connectivity index (χ0n) is 11.5. The molecule has 0 saturated heterocycles. The molecule has 1 aliphatic rings. The quantitative estimate of drug-likeness (QED) is 0.636. The van der Waals surface area contributed by atoms with Crippen LogP contribution >= 0.6 is 0 Å². The van der Waals surface area contributed by atoms with Gasteiger partial charge in [-0.1, -0.05) is 24.3 Å². The van der Waals surface area contributed by atoms with Crippen molar-refractivity contribution in [3.63, 3.8) is 0 Å². The van der Waals surface area contributed by atoms with Gasteiger partial charge in [0.05, 0.1) is 6.04 Å². The molecule has 0 saturated carbocycles. The third-order valence-electron chi connectivity index (χ3n) is 3.96. The first-order valence-corrected chi connectivity index (χ1v) is 6.56. The fourth-order valence-corrected chi connectivity index (χ4v) is 3.03. The third kappa shape index (κ3) is 1.84. The second kappa shape index (κ2) is 4.63. The Balaban J connectivity index is 2.01. The summed E-state index contributed by atoms with van der Waals surface area (Å²) in [5, 5.41) is 11.1. The molecule has 0 spiro atoms. The van der Waals surface area contributed by atoms with Crippen molar-refractivity contribution < 1.29 is 4.92 Å². The number of benzene rings is 1. The maximum Gasteiger partial charge on any atom is 0.406 e. The van der Waals surface area contributed by atoms with Crippen LogP contribution in [0, 0.1) is 10.1 Å². The number of aromatic nitrogens is 2. The average molecular weight is 272 g/mol. The highest BCUT2D eigenvalue weighted by molar-refractivity contribution is 5.56. The van der Waals surface area contributed by atoms with Crippen molar-refractivity contribution in [3.8, 4) is 0 Å². The van der Waals surface area contributed by atoms with Gasteiger partial charge in [-0.2, -0.15) is 0 Å². The second-order valence-electron chi connectivity index (χ2n) is 5.12. The third-order valence-corrected chi connectivity index (χ3v) is 3.96. The Kier molecular flexibility index (Phi) is 2.93. The van der Waals surface area contributed by atoms with Crippen molar-refractivity contribution in [1.29, 1.82) is 0 Å². The van der Waals surface area contributed by atoms with Gasteiger partial charge in [0.25, 0.3) is 0 Å². The summed E-state index contributed by atoms with van der Waals surface area (Å²) >= 11 is 0. The summed E-state index contributed by atoms with van der Waals surface area (Å²) in [5.41, 5.74) is 2.58. The molecule has 6 heteroatoms. The SMILES string of the molecule is CN(c1c([N+](=O)[O-])ncn1C)C1CCc2ccccc21. The standard InChI is InChI=1S/C14H16N4O2/c1-16-9-15-13(18(19)20)14(16)17(2)12-8-7-10-5-3-4-6-11(10)12/h3-6,9,12H,7-8H2,1-2H3. The molecule has 6 nitrogen and oxygen atoms in total. The van der Waals surface area contributed by atoms with Gasteiger partial charge < -0.3 is 15.0 Å². The smallest absolute Gasteiger partial charge is 0.358 e. The van der Waals surface area contributed by atoms with Gasteiger partial charge in [0.1, 0.15) is 0 Å². The molecule has 1 aromatic heterocycles. The second-order valence-corrected chi connectivity index (χ2v) is 5.12. The van der Waals surface area contributed by atoms with Gasteiger partial charge in [-0.05, 0) is 33.9 Å². The fraction of sp³-hybridized carbons (Fsp3) is 0.357. The van der Waals surface area contributed by atoms with E-state index in [4.69, 9.17) is 0 Å². The molecule has 0 N–H and O–H groups in total. The maximum atomic E-state index is 11.1. The first-order chi connectivity index (χ1) is 9.59. The average Bonchev–Trinajstić information content (AvgIpc) is 3.01. The Morgan fingerprint density at radius 2 is 2.20 bits per heavy atom. The molecule has 1 heterocycles. The summed E-state index contributed by atoms with van der Waals surface area (Å²) in [6, 6.07) is 8.45. The minimum absolute atomic E-state index is 0.0839. The Bertz CT molecular complexity index is 665. The first-order valence-electron chi connectivity index (χ1n) is 6.56. The van der Waals surface area contributed by atoms with Crippen LogP contribution in [0.2, 0.25) is 0 Å². The van der Waals surface area contributed by atoms with E-state index in [1.807, 2.05) is 24.1 Å². The van der Waals surface area contributed by atoms with Gasteiger partial charge in [-0.15, -0.1) is 0 Å². The van der Waals surface area contributed by atoms with Crippen molar-refractivity contribution in [2.75, 3.05) is 11.9 Å². The van der Waals surface area contributed by atoms with E-state index in [0.717, 1.165) is 12.8 Å². The molecule has 1 unspecified atom stereocenters. The van der Waals surface area contributed by atoms with Gasteiger partial charge in [0, 0.05) is 14.1 Å². The van der Waals surface area contributed by atoms with Crippen molar-refractivity contribution in [1.82, 2.24) is 9.55 Å². The summed E-state index contributed by atoms with van der Waals surface area (Å²) < 4.78 is 1.71. The minimum atomic E-state index is -0.424. The molecule has 3 rings (SSSR count). The van der Waals surface area contributed by atoms with Crippen LogP contribution < -0.4 is 4.90 Å². The lowest BCUT2D eigenvalue weighted by molar-refractivity contribution is -0.388. The van der Waals surface area contributed by atoms with E-state index in [2.05, 4.69) is 17.1 Å². The Morgan fingerprint density at radius 1 is 1.45 bits per heavy atom. The molecule has 20 heavy (non-hydrogen) atoms. The monoisotopic (exact) mass is 272 g/mol. The van der Waals surface area contributed by atoms with Crippen LogP contribution in [0.4, 0.5) is 11.6 Å². The summed E-state index contributed by atoms with van der Waals surface area (Å²) in [6.07, 6.45) is 3.47. The predicted molar refractivity (Wildman–Crippen MR) is 75.8 cm³/mol. The summed E-state index contributed by atoms with van der Waals surface area (Å²) in [6.45, 7) is 0. The van der Waals surface area contributed by atoms with Gasteiger partial charge in [0.15, 0.2) is 0 Å². The highest BCUT2D eigenvalue weighted by Gasteiger charge is 2.32. The lowest BCUT2D eigenvalue weighted by Crippen LogP contribution is -2.25. The van der Waals surface area contributed by atoms with Crippen LogP contribution in [0.5, 0.6) is 0 Å². The molecular formula is C14H16N4O2. The van der Waals surface area contributed by atoms with Crippen LogP contribution in [-0.4, -0.2) is 21.5 Å². The summed E-state index contributed by atoms with van der Waals surface area (Å²) in [5.74, 6) is 0.469. The zero-order chi connectivity index (χ0) is 14.3. The van der Waals surface area contributed by atoms with Crippen LogP contribution in [0.15, 0.2) is 30.6 Å². The summed E-state index contributed by atoms with van der Waals surface area (Å²) in [7, 11) is 3.68. The highest BCUT2D eigenvalue weighted by Crippen LogP contribution is 2.39. The van der Waals surface area contributed by atoms with E-state index in [1.165, 1.54) is 17.5 Å². The molecule has 0 aliphatic heterocycles. The molecule has 0 radical (unpaired) electrons. The van der Waals surface area contributed by atoms with Crippen LogP contribution in [0.3, 0.4) is 0 Å². The van der Waals surface area contributed by atoms with Crippen molar-refractivity contribution in [2.45, 2.75) is 18.9 Å². The van der Waals surface area contributed by atoms with E-state index in [0.29, 0.717) is 5.82 Å². The molecular weight excluding hydrogens is 256 g/mol. The number of aryl methyl sites for hydroxylation is 2. The Labute approximate surface area is 116 Å². The van der Waals surface area contributed by atoms with E-state index in [9.17, 15) is 10.1 Å². The van der Waals surface area contributed by atoms with Crippen molar-refractivity contribution in [3.05, 3.63) is 51.8 Å². The molecule has 0 amide bonds. The number of anilines is 1. The Hall–Kier alpha value is -2.37. The maximum absolute atomic E-state index is 11.1. The molecule has 1 atom stereocenters. The van der Waals surface area contributed by atoms with Crippen molar-refractivity contribution in [2.24, 2.45) is 7.05 Å². The van der Waals surface area contributed by atoms with Crippen molar-refractivity contribution >= 4 is 11.6 Å². The van der Waals surface area contributed by atoms with E-state index in [1.54, 1.807) is 11.6 Å². The number of fused-ring (bicyclic) bond motifs is 1. The molecule has 2 aromatic rings. The molecule has 0 fully saturated rings. The van der Waals surface area contributed by atoms with Gasteiger partial charge in [-0.3, -0.25) is 4.57 Å². The fourth-order valence-electron chi connectivity index (χ4n) is 3.03.